The Morgan fingerprint density at radius 2 is 1.77 bits per heavy atom. The normalized spacial score (nSPS) is 15.2. The van der Waals surface area contributed by atoms with Crippen molar-refractivity contribution in [2.24, 2.45) is 0 Å². The minimum atomic E-state index is -3.60. The lowest BCUT2D eigenvalue weighted by molar-refractivity contribution is 0.102. The molecule has 1 aliphatic rings. The van der Waals surface area contributed by atoms with Crippen LogP contribution in [-0.4, -0.2) is 31.7 Å². The summed E-state index contributed by atoms with van der Waals surface area (Å²) in [4.78, 5) is 12.7. The minimum Gasteiger partial charge on any atom is -0.321 e. The van der Waals surface area contributed by atoms with E-state index in [2.05, 4.69) is 5.32 Å². The monoisotopic (exact) mass is 412 g/mol. The number of carbonyl (C=O) groups excluding carboxylic acids is 1. The van der Waals surface area contributed by atoms with Crippen LogP contribution in [0.15, 0.2) is 41.3 Å². The van der Waals surface area contributed by atoms with E-state index in [1.165, 1.54) is 16.4 Å². The number of nitrogens with one attached hydrogen (secondary N) is 1. The molecule has 138 valence electrons. The van der Waals surface area contributed by atoms with Gasteiger partial charge in [0.05, 0.1) is 15.6 Å². The van der Waals surface area contributed by atoms with Gasteiger partial charge in [-0.1, -0.05) is 29.3 Å². The Kier molecular flexibility index (Phi) is 5.58. The van der Waals surface area contributed by atoms with E-state index in [0.29, 0.717) is 34.4 Å². The predicted molar refractivity (Wildman–Crippen MR) is 104 cm³/mol. The highest BCUT2D eigenvalue weighted by molar-refractivity contribution is 7.89. The van der Waals surface area contributed by atoms with Crippen molar-refractivity contribution in [1.29, 1.82) is 0 Å². The highest BCUT2D eigenvalue weighted by Gasteiger charge is 2.29. The van der Waals surface area contributed by atoms with Crippen LogP contribution < -0.4 is 5.32 Å². The average Bonchev–Trinajstić information content (AvgIpc) is 3.13. The Morgan fingerprint density at radius 1 is 1.08 bits per heavy atom. The van der Waals surface area contributed by atoms with Crippen LogP contribution >= 0.6 is 23.2 Å². The summed E-state index contributed by atoms with van der Waals surface area (Å²) in [6, 6.07) is 9.39. The van der Waals surface area contributed by atoms with Gasteiger partial charge >= 0.3 is 0 Å². The molecule has 0 bridgehead atoms. The molecule has 1 heterocycles. The molecule has 1 saturated heterocycles. The largest absolute Gasteiger partial charge is 0.321 e. The van der Waals surface area contributed by atoms with Crippen LogP contribution in [0.2, 0.25) is 10.0 Å². The lowest BCUT2D eigenvalue weighted by atomic mass is 10.1. The molecule has 3 rings (SSSR count). The number of benzene rings is 2. The van der Waals surface area contributed by atoms with Crippen LogP contribution in [-0.2, 0) is 10.0 Å². The van der Waals surface area contributed by atoms with Gasteiger partial charge in [0, 0.05) is 23.7 Å². The molecule has 1 N–H and O–H groups in total. The molecule has 0 aliphatic carbocycles. The van der Waals surface area contributed by atoms with E-state index in [4.69, 9.17) is 23.2 Å². The van der Waals surface area contributed by atoms with Gasteiger partial charge < -0.3 is 5.32 Å². The highest BCUT2D eigenvalue weighted by atomic mass is 35.5. The second-order valence-corrected chi connectivity index (χ2v) is 8.92. The SMILES string of the molecule is Cc1ccc(C(=O)Nc2ccc(Cl)cc2Cl)cc1S(=O)(=O)N1CCCC1. The van der Waals surface area contributed by atoms with Crippen LogP contribution in [0.1, 0.15) is 28.8 Å². The van der Waals surface area contributed by atoms with Gasteiger partial charge in [-0.15, -0.1) is 0 Å². The molecule has 0 spiro atoms. The van der Waals surface area contributed by atoms with Gasteiger partial charge in [-0.25, -0.2) is 8.42 Å². The van der Waals surface area contributed by atoms with Gasteiger partial charge in [-0.3, -0.25) is 4.79 Å². The first-order valence-corrected chi connectivity index (χ1v) is 10.4. The van der Waals surface area contributed by atoms with Crippen LogP contribution in [0, 0.1) is 6.92 Å². The molecule has 0 radical (unpaired) electrons. The molecule has 1 fully saturated rings. The lowest BCUT2D eigenvalue weighted by Gasteiger charge is -2.18. The Balaban J connectivity index is 1.90. The number of amides is 1. The zero-order valence-corrected chi connectivity index (χ0v) is 16.5. The first kappa shape index (κ1) is 19.2. The molecule has 0 aromatic heterocycles. The van der Waals surface area contributed by atoms with Crippen molar-refractivity contribution in [3.8, 4) is 0 Å². The first-order valence-electron chi connectivity index (χ1n) is 8.16. The zero-order valence-electron chi connectivity index (χ0n) is 14.1. The first-order chi connectivity index (χ1) is 12.3. The molecule has 2 aromatic carbocycles. The molecule has 1 aliphatic heterocycles. The fraction of sp³-hybridized carbons (Fsp3) is 0.278. The number of hydrogen-bond acceptors (Lipinski definition) is 3. The predicted octanol–water partition coefficient (Wildman–Crippen LogP) is 4.34. The van der Waals surface area contributed by atoms with Gasteiger partial charge in [0.2, 0.25) is 10.0 Å². The third-order valence-corrected chi connectivity index (χ3v) is 6.90. The summed E-state index contributed by atoms with van der Waals surface area (Å²) in [5, 5.41) is 3.45. The number of hydrogen-bond donors (Lipinski definition) is 1. The second kappa shape index (κ2) is 7.56. The van der Waals surface area contributed by atoms with Crippen molar-refractivity contribution in [2.75, 3.05) is 18.4 Å². The number of carbonyl (C=O) groups is 1. The smallest absolute Gasteiger partial charge is 0.255 e. The molecule has 0 saturated carbocycles. The third kappa shape index (κ3) is 3.88. The maximum atomic E-state index is 12.8. The van der Waals surface area contributed by atoms with Gasteiger partial charge in [-0.2, -0.15) is 4.31 Å². The summed E-state index contributed by atoms with van der Waals surface area (Å²) in [6.45, 7) is 2.75. The van der Waals surface area contributed by atoms with Crippen molar-refractivity contribution in [3.63, 3.8) is 0 Å². The van der Waals surface area contributed by atoms with Crippen LogP contribution in [0.3, 0.4) is 0 Å². The number of anilines is 1. The van der Waals surface area contributed by atoms with Gasteiger partial charge in [-0.05, 0) is 55.7 Å². The minimum absolute atomic E-state index is 0.161. The summed E-state index contributed by atoms with van der Waals surface area (Å²) >= 11 is 11.9. The lowest BCUT2D eigenvalue weighted by Crippen LogP contribution is -2.28. The topological polar surface area (TPSA) is 66.5 Å². The standard InChI is InChI=1S/C18H18Cl2N2O3S/c1-12-4-5-13(10-17(12)26(24,25)22-8-2-3-9-22)18(23)21-16-7-6-14(19)11-15(16)20/h4-7,10-11H,2-3,8-9H2,1H3,(H,21,23). The van der Waals surface area contributed by atoms with E-state index in [0.717, 1.165) is 12.8 Å². The number of halogens is 2. The highest BCUT2D eigenvalue weighted by Crippen LogP contribution is 2.27. The summed E-state index contributed by atoms with van der Waals surface area (Å²) in [5.74, 6) is -0.438. The second-order valence-electron chi connectivity index (χ2n) is 6.17. The van der Waals surface area contributed by atoms with E-state index < -0.39 is 15.9 Å². The van der Waals surface area contributed by atoms with E-state index >= 15 is 0 Å². The van der Waals surface area contributed by atoms with E-state index in [1.54, 1.807) is 31.2 Å². The molecule has 26 heavy (non-hydrogen) atoms. The molecular weight excluding hydrogens is 395 g/mol. The number of sulfonamides is 1. The quantitative estimate of drug-likeness (QED) is 0.811. The summed E-state index contributed by atoms with van der Waals surface area (Å²) < 4.78 is 27.1. The van der Waals surface area contributed by atoms with E-state index in [1.807, 2.05) is 0 Å². The van der Waals surface area contributed by atoms with E-state index in [9.17, 15) is 13.2 Å². The van der Waals surface area contributed by atoms with Crippen molar-refractivity contribution < 1.29 is 13.2 Å². The Morgan fingerprint density at radius 3 is 2.42 bits per heavy atom. The fourth-order valence-corrected chi connectivity index (χ4v) is 5.10. The van der Waals surface area contributed by atoms with Gasteiger partial charge in [0.25, 0.3) is 5.91 Å². The molecule has 0 unspecified atom stereocenters. The molecule has 2 aromatic rings. The van der Waals surface area contributed by atoms with Crippen molar-refractivity contribution >= 4 is 44.8 Å². The van der Waals surface area contributed by atoms with Crippen molar-refractivity contribution in [2.45, 2.75) is 24.7 Å². The number of aryl methyl sites for hydroxylation is 1. The summed E-state index contributed by atoms with van der Waals surface area (Å²) in [7, 11) is -3.60. The summed E-state index contributed by atoms with van der Waals surface area (Å²) in [6.07, 6.45) is 1.71. The molecule has 5 nitrogen and oxygen atoms in total. The van der Waals surface area contributed by atoms with Crippen LogP contribution in [0.5, 0.6) is 0 Å². The molecular formula is C18H18Cl2N2O3S. The fourth-order valence-electron chi connectivity index (χ4n) is 2.87. The molecule has 1 amide bonds. The van der Waals surface area contributed by atoms with Crippen molar-refractivity contribution in [3.05, 3.63) is 57.6 Å². The number of nitrogens with zero attached hydrogens (tertiary/aromatic N) is 1. The number of rotatable bonds is 4. The maximum Gasteiger partial charge on any atom is 0.255 e. The van der Waals surface area contributed by atoms with Crippen LogP contribution in [0.25, 0.3) is 0 Å². The molecule has 8 heteroatoms. The average molecular weight is 413 g/mol. The van der Waals surface area contributed by atoms with Crippen molar-refractivity contribution in [1.82, 2.24) is 4.31 Å². The Bertz CT molecular complexity index is 955. The van der Waals surface area contributed by atoms with Gasteiger partial charge in [0.1, 0.15) is 0 Å². The summed E-state index contributed by atoms with van der Waals surface area (Å²) in [5.41, 5.74) is 1.27. The Labute approximate surface area is 163 Å². The Hall–Kier alpha value is -1.60. The zero-order chi connectivity index (χ0) is 18.9. The molecule has 0 atom stereocenters. The van der Waals surface area contributed by atoms with Gasteiger partial charge in [0.15, 0.2) is 0 Å². The van der Waals surface area contributed by atoms with E-state index in [-0.39, 0.29) is 10.5 Å². The maximum absolute atomic E-state index is 12.8. The van der Waals surface area contributed by atoms with Crippen LogP contribution in [0.4, 0.5) is 5.69 Å². The third-order valence-electron chi connectivity index (χ3n) is 4.31.